The van der Waals surface area contributed by atoms with Crippen molar-refractivity contribution in [2.45, 2.75) is 33.7 Å². The molecular formula is C15H24N2O3S. The standard InChI is InChI=1S/C15H24N2O3S/c1-10-7-12(3)14(8-11(10)2)13(4)16-15(18)9-17(5)21(6,19)20/h7-8,13H,9H2,1-6H3,(H,16,18)/t13-/m1/s1. The molecule has 21 heavy (non-hydrogen) atoms. The highest BCUT2D eigenvalue weighted by Gasteiger charge is 2.18. The van der Waals surface area contributed by atoms with Gasteiger partial charge in [-0.3, -0.25) is 4.79 Å². The number of rotatable bonds is 5. The van der Waals surface area contributed by atoms with Crippen LogP contribution in [0.4, 0.5) is 0 Å². The first-order valence-electron chi connectivity index (χ1n) is 6.80. The van der Waals surface area contributed by atoms with Crippen LogP contribution in [0.5, 0.6) is 0 Å². The van der Waals surface area contributed by atoms with Gasteiger partial charge in [0, 0.05) is 7.05 Å². The summed E-state index contributed by atoms with van der Waals surface area (Å²) in [5, 5.41) is 2.84. The van der Waals surface area contributed by atoms with Crippen LogP contribution in [0.3, 0.4) is 0 Å². The van der Waals surface area contributed by atoms with Crippen LogP contribution in [0, 0.1) is 20.8 Å². The molecule has 1 amide bonds. The SMILES string of the molecule is Cc1cc(C)c([C@@H](C)NC(=O)CN(C)S(C)(=O)=O)cc1C. The molecule has 0 heterocycles. The van der Waals surface area contributed by atoms with E-state index in [2.05, 4.69) is 24.4 Å². The molecule has 0 aliphatic carbocycles. The average molecular weight is 312 g/mol. The van der Waals surface area contributed by atoms with Gasteiger partial charge in [-0.25, -0.2) is 8.42 Å². The topological polar surface area (TPSA) is 66.5 Å². The predicted octanol–water partition coefficient (Wildman–Crippen LogP) is 1.68. The van der Waals surface area contributed by atoms with Crippen LogP contribution in [0.2, 0.25) is 0 Å². The molecule has 0 saturated heterocycles. The van der Waals surface area contributed by atoms with Crippen LogP contribution < -0.4 is 5.32 Å². The van der Waals surface area contributed by atoms with E-state index >= 15 is 0 Å². The molecule has 0 bridgehead atoms. The van der Waals surface area contributed by atoms with Crippen LogP contribution in [0.1, 0.15) is 35.2 Å². The third-order valence-electron chi connectivity index (χ3n) is 3.66. The Morgan fingerprint density at radius 2 is 1.71 bits per heavy atom. The van der Waals surface area contributed by atoms with Crippen molar-refractivity contribution in [3.05, 3.63) is 34.4 Å². The number of carbonyl (C=O) groups excluding carboxylic acids is 1. The molecule has 0 fully saturated rings. The van der Waals surface area contributed by atoms with E-state index in [4.69, 9.17) is 0 Å². The quantitative estimate of drug-likeness (QED) is 0.899. The summed E-state index contributed by atoms with van der Waals surface area (Å²) >= 11 is 0. The van der Waals surface area contributed by atoms with E-state index in [-0.39, 0.29) is 18.5 Å². The maximum absolute atomic E-state index is 11.9. The number of likely N-dealkylation sites (N-methyl/N-ethyl adjacent to an activating group) is 1. The molecular weight excluding hydrogens is 288 g/mol. The second-order valence-electron chi connectivity index (χ2n) is 5.60. The lowest BCUT2D eigenvalue weighted by molar-refractivity contribution is -0.121. The maximum atomic E-state index is 11.9. The number of nitrogens with one attached hydrogen (secondary N) is 1. The van der Waals surface area contributed by atoms with Gasteiger partial charge in [-0.1, -0.05) is 12.1 Å². The van der Waals surface area contributed by atoms with E-state index in [1.165, 1.54) is 18.2 Å². The van der Waals surface area contributed by atoms with Crippen molar-refractivity contribution in [3.63, 3.8) is 0 Å². The third-order valence-corrected chi connectivity index (χ3v) is 4.92. The number of carbonyl (C=O) groups is 1. The zero-order valence-corrected chi connectivity index (χ0v) is 14.3. The molecule has 0 aliphatic rings. The van der Waals surface area contributed by atoms with Gasteiger partial charge in [-0.15, -0.1) is 0 Å². The molecule has 1 aromatic rings. The van der Waals surface area contributed by atoms with Crippen molar-refractivity contribution >= 4 is 15.9 Å². The minimum Gasteiger partial charge on any atom is -0.348 e. The minimum atomic E-state index is -3.35. The number of hydrogen-bond donors (Lipinski definition) is 1. The average Bonchev–Trinajstić information content (AvgIpc) is 2.32. The summed E-state index contributed by atoms with van der Waals surface area (Å²) in [5.74, 6) is -0.312. The highest BCUT2D eigenvalue weighted by Crippen LogP contribution is 2.21. The van der Waals surface area contributed by atoms with Crippen molar-refractivity contribution in [1.82, 2.24) is 9.62 Å². The summed E-state index contributed by atoms with van der Waals surface area (Å²) < 4.78 is 23.6. The van der Waals surface area contributed by atoms with Gasteiger partial charge in [0.25, 0.3) is 0 Å². The van der Waals surface area contributed by atoms with Crippen molar-refractivity contribution in [2.24, 2.45) is 0 Å². The summed E-state index contributed by atoms with van der Waals surface area (Å²) in [4.78, 5) is 11.9. The summed E-state index contributed by atoms with van der Waals surface area (Å²) in [6.45, 7) is 7.82. The number of sulfonamides is 1. The Kier molecular flexibility index (Phi) is 5.53. The Morgan fingerprint density at radius 1 is 1.19 bits per heavy atom. The van der Waals surface area contributed by atoms with E-state index in [0.29, 0.717) is 0 Å². The van der Waals surface area contributed by atoms with Crippen LogP contribution in [0.25, 0.3) is 0 Å². The first kappa shape index (κ1) is 17.7. The zero-order valence-electron chi connectivity index (χ0n) is 13.5. The molecule has 1 aromatic carbocycles. The van der Waals surface area contributed by atoms with Gasteiger partial charge >= 0.3 is 0 Å². The molecule has 0 saturated carbocycles. The fourth-order valence-electron chi connectivity index (χ4n) is 2.13. The van der Waals surface area contributed by atoms with Gasteiger partial charge in [0.2, 0.25) is 15.9 Å². The molecule has 0 radical (unpaired) electrons. The Bertz CT molecular complexity index is 639. The summed E-state index contributed by atoms with van der Waals surface area (Å²) in [5.41, 5.74) is 4.55. The van der Waals surface area contributed by atoms with Crippen LogP contribution >= 0.6 is 0 Å². The van der Waals surface area contributed by atoms with E-state index < -0.39 is 10.0 Å². The van der Waals surface area contributed by atoms with Gasteiger partial charge in [0.1, 0.15) is 0 Å². The van der Waals surface area contributed by atoms with E-state index in [1.54, 1.807) is 0 Å². The van der Waals surface area contributed by atoms with E-state index in [0.717, 1.165) is 21.7 Å². The predicted molar refractivity (Wildman–Crippen MR) is 84.7 cm³/mol. The van der Waals surface area contributed by atoms with Crippen LogP contribution in [-0.4, -0.2) is 38.5 Å². The molecule has 5 nitrogen and oxygen atoms in total. The molecule has 6 heteroatoms. The molecule has 0 spiro atoms. The maximum Gasteiger partial charge on any atom is 0.235 e. The lowest BCUT2D eigenvalue weighted by Crippen LogP contribution is -2.38. The minimum absolute atomic E-state index is 0.162. The second kappa shape index (κ2) is 6.58. The van der Waals surface area contributed by atoms with E-state index in [1.807, 2.05) is 20.8 Å². The Labute approximate surface area is 127 Å². The van der Waals surface area contributed by atoms with Crippen molar-refractivity contribution in [1.29, 1.82) is 0 Å². The molecule has 1 atom stereocenters. The van der Waals surface area contributed by atoms with Gasteiger partial charge in [-0.2, -0.15) is 4.31 Å². The highest BCUT2D eigenvalue weighted by molar-refractivity contribution is 7.88. The van der Waals surface area contributed by atoms with Crippen molar-refractivity contribution in [2.75, 3.05) is 19.8 Å². The number of nitrogens with zero attached hydrogens (tertiary/aromatic N) is 1. The number of benzene rings is 1. The number of aryl methyl sites for hydroxylation is 3. The van der Waals surface area contributed by atoms with Crippen molar-refractivity contribution < 1.29 is 13.2 Å². The molecule has 0 unspecified atom stereocenters. The van der Waals surface area contributed by atoms with Gasteiger partial charge in [0.15, 0.2) is 0 Å². The van der Waals surface area contributed by atoms with Gasteiger partial charge < -0.3 is 5.32 Å². The Hall–Kier alpha value is -1.40. The number of amides is 1. The summed E-state index contributed by atoms with van der Waals surface area (Å²) in [6.07, 6.45) is 1.08. The molecule has 1 N–H and O–H groups in total. The second-order valence-corrected chi connectivity index (χ2v) is 7.69. The van der Waals surface area contributed by atoms with Crippen LogP contribution in [0.15, 0.2) is 12.1 Å². The zero-order chi connectivity index (χ0) is 16.4. The smallest absolute Gasteiger partial charge is 0.235 e. The van der Waals surface area contributed by atoms with E-state index in [9.17, 15) is 13.2 Å². The first-order chi connectivity index (χ1) is 9.52. The fourth-order valence-corrected chi connectivity index (χ4v) is 2.49. The lowest BCUT2D eigenvalue weighted by Gasteiger charge is -2.20. The highest BCUT2D eigenvalue weighted by atomic mass is 32.2. The molecule has 0 aliphatic heterocycles. The first-order valence-corrected chi connectivity index (χ1v) is 8.65. The van der Waals surface area contributed by atoms with Gasteiger partial charge in [0.05, 0.1) is 18.8 Å². The molecule has 118 valence electrons. The summed E-state index contributed by atoms with van der Waals surface area (Å²) in [7, 11) is -1.96. The summed E-state index contributed by atoms with van der Waals surface area (Å²) in [6, 6.07) is 4.00. The lowest BCUT2D eigenvalue weighted by atomic mass is 9.96. The van der Waals surface area contributed by atoms with Crippen molar-refractivity contribution in [3.8, 4) is 0 Å². The Morgan fingerprint density at radius 3 is 2.24 bits per heavy atom. The fraction of sp³-hybridized carbons (Fsp3) is 0.533. The third kappa shape index (κ3) is 4.82. The molecule has 1 rings (SSSR count). The van der Waals surface area contributed by atoms with Crippen LogP contribution in [-0.2, 0) is 14.8 Å². The monoisotopic (exact) mass is 312 g/mol. The molecule has 0 aromatic heterocycles. The largest absolute Gasteiger partial charge is 0.348 e. The number of hydrogen-bond acceptors (Lipinski definition) is 3. The van der Waals surface area contributed by atoms with Gasteiger partial charge in [-0.05, 0) is 49.9 Å². The Balaban J connectivity index is 2.80. The normalized spacial score (nSPS) is 13.3.